The fraction of sp³-hybridized carbons (Fsp3) is 0.667. The van der Waals surface area contributed by atoms with Crippen LogP contribution in [0.1, 0.15) is 33.6 Å². The van der Waals surface area contributed by atoms with Crippen LogP contribution in [0.4, 0.5) is 4.79 Å². The Morgan fingerprint density at radius 2 is 1.91 bits per heavy atom. The van der Waals surface area contributed by atoms with E-state index in [1.54, 1.807) is 46.0 Å². The molecule has 0 radical (unpaired) electrons. The van der Waals surface area contributed by atoms with E-state index in [-0.39, 0.29) is 0 Å². The molecule has 1 heterocycles. The number of likely N-dealkylation sites (tertiary alicyclic amines) is 1. The molecule has 1 rings (SSSR count). The third-order valence-electron chi connectivity index (χ3n) is 2.97. The first-order chi connectivity index (χ1) is 10.1. The van der Waals surface area contributed by atoms with E-state index in [0.29, 0.717) is 18.4 Å². The van der Waals surface area contributed by atoms with Crippen LogP contribution in [0.2, 0.25) is 0 Å². The third kappa shape index (κ3) is 4.47. The molecule has 1 fully saturated rings. The van der Waals surface area contributed by atoms with Crippen LogP contribution in [-0.4, -0.2) is 60.6 Å². The van der Waals surface area contributed by atoms with Gasteiger partial charge in [-0.2, -0.15) is 0 Å². The quantitative estimate of drug-likeness (QED) is 0.568. The van der Waals surface area contributed by atoms with E-state index in [4.69, 9.17) is 9.47 Å². The summed E-state index contributed by atoms with van der Waals surface area (Å²) in [5.41, 5.74) is -0.308. The van der Waals surface area contributed by atoms with E-state index >= 15 is 0 Å². The Kier molecular flexibility index (Phi) is 5.57. The summed E-state index contributed by atoms with van der Waals surface area (Å²) in [6, 6.07) is -0.952. The molecule has 7 heteroatoms. The van der Waals surface area contributed by atoms with Crippen molar-refractivity contribution in [3.8, 4) is 0 Å². The lowest BCUT2D eigenvalue weighted by atomic mass is 9.98. The number of carbonyl (C=O) groups excluding carboxylic acids is 3. The van der Waals surface area contributed by atoms with Gasteiger partial charge >= 0.3 is 12.1 Å². The van der Waals surface area contributed by atoms with Crippen molar-refractivity contribution in [3.63, 3.8) is 0 Å². The predicted octanol–water partition coefficient (Wildman–Crippen LogP) is 1.53. The number of nitrogens with zero attached hydrogens (tertiary/aromatic N) is 2. The average molecular weight is 312 g/mol. The van der Waals surface area contributed by atoms with Gasteiger partial charge in [0.15, 0.2) is 0 Å². The minimum absolute atomic E-state index is 0.317. The molecule has 0 aromatic rings. The maximum Gasteiger partial charge on any atom is 0.418 e. The summed E-state index contributed by atoms with van der Waals surface area (Å²) < 4.78 is 9.94. The number of hydrogen-bond donors (Lipinski definition) is 0. The maximum absolute atomic E-state index is 12.5. The molecule has 0 aliphatic carbocycles. The Labute approximate surface area is 130 Å². The second-order valence-electron chi connectivity index (χ2n) is 6.35. The summed E-state index contributed by atoms with van der Waals surface area (Å²) in [6.45, 7) is 5.09. The molecule has 0 bridgehead atoms. The topological polar surface area (TPSA) is 76.2 Å². The summed E-state index contributed by atoms with van der Waals surface area (Å²) in [5, 5.41) is 0. The Morgan fingerprint density at radius 3 is 2.36 bits per heavy atom. The zero-order chi connectivity index (χ0) is 17.1. The molecule has 0 spiro atoms. The van der Waals surface area contributed by atoms with Crippen molar-refractivity contribution in [3.05, 3.63) is 11.8 Å². The molecule has 0 saturated carbocycles. The van der Waals surface area contributed by atoms with Gasteiger partial charge in [-0.05, 0) is 33.6 Å². The summed E-state index contributed by atoms with van der Waals surface area (Å²) in [7, 11) is 4.79. The highest BCUT2D eigenvalue weighted by Crippen LogP contribution is 2.26. The van der Waals surface area contributed by atoms with Crippen LogP contribution >= 0.6 is 0 Å². The van der Waals surface area contributed by atoms with Gasteiger partial charge in [-0.3, -0.25) is 4.79 Å². The van der Waals surface area contributed by atoms with Gasteiger partial charge in [0.25, 0.3) is 5.91 Å². The van der Waals surface area contributed by atoms with Crippen LogP contribution in [0.5, 0.6) is 0 Å². The molecule has 0 unspecified atom stereocenters. The van der Waals surface area contributed by atoms with Gasteiger partial charge in [-0.15, -0.1) is 0 Å². The number of esters is 1. The Balaban J connectivity index is 3.12. The Bertz CT molecular complexity index is 491. The highest BCUT2D eigenvalue weighted by Gasteiger charge is 2.42. The largest absolute Gasteiger partial charge is 0.467 e. The van der Waals surface area contributed by atoms with Crippen LogP contribution in [0, 0.1) is 0 Å². The molecule has 0 aromatic carbocycles. The average Bonchev–Trinajstić information content (AvgIpc) is 2.37. The number of hydrogen-bond acceptors (Lipinski definition) is 6. The molecular formula is C15H24N2O5. The first-order valence-corrected chi connectivity index (χ1v) is 7.08. The number of amides is 2. The molecule has 0 N–H and O–H groups in total. The number of rotatable bonds is 2. The highest BCUT2D eigenvalue weighted by molar-refractivity contribution is 6.06. The third-order valence-corrected chi connectivity index (χ3v) is 2.97. The molecule has 0 aromatic heterocycles. The predicted molar refractivity (Wildman–Crippen MR) is 79.9 cm³/mol. The summed E-state index contributed by atoms with van der Waals surface area (Å²) in [4.78, 5) is 39.3. The van der Waals surface area contributed by atoms with Gasteiger partial charge in [0.1, 0.15) is 11.6 Å². The van der Waals surface area contributed by atoms with Crippen molar-refractivity contribution in [1.29, 1.82) is 0 Å². The van der Waals surface area contributed by atoms with Crippen LogP contribution in [-0.2, 0) is 19.1 Å². The molecule has 22 heavy (non-hydrogen) atoms. The molecule has 1 saturated heterocycles. The van der Waals surface area contributed by atoms with Crippen molar-refractivity contribution in [2.24, 2.45) is 0 Å². The molecule has 7 nitrogen and oxygen atoms in total. The zero-order valence-electron chi connectivity index (χ0n) is 14.0. The van der Waals surface area contributed by atoms with Crippen molar-refractivity contribution in [2.45, 2.75) is 45.3 Å². The monoisotopic (exact) mass is 312 g/mol. The second kappa shape index (κ2) is 6.81. The van der Waals surface area contributed by atoms with E-state index in [0.717, 1.165) is 4.90 Å². The molecule has 124 valence electrons. The minimum atomic E-state index is -0.952. The Hall–Kier alpha value is -2.05. The van der Waals surface area contributed by atoms with E-state index in [1.807, 2.05) is 0 Å². The van der Waals surface area contributed by atoms with E-state index in [9.17, 15) is 14.4 Å². The zero-order valence-corrected chi connectivity index (χ0v) is 14.0. The second-order valence-corrected chi connectivity index (χ2v) is 6.35. The summed E-state index contributed by atoms with van der Waals surface area (Å²) >= 11 is 0. The fourth-order valence-corrected chi connectivity index (χ4v) is 2.14. The normalized spacial score (nSPS) is 20.8. The lowest BCUT2D eigenvalue weighted by Crippen LogP contribution is -2.53. The van der Waals surface area contributed by atoms with E-state index in [2.05, 4.69) is 0 Å². The highest BCUT2D eigenvalue weighted by atomic mass is 16.6. The maximum atomic E-state index is 12.5. The lowest BCUT2D eigenvalue weighted by Gasteiger charge is -2.34. The number of methoxy groups -OCH3 is 1. The molecule has 1 aliphatic heterocycles. The first kappa shape index (κ1) is 18.0. The fourth-order valence-electron chi connectivity index (χ4n) is 2.14. The van der Waals surface area contributed by atoms with Crippen LogP contribution in [0.15, 0.2) is 11.8 Å². The minimum Gasteiger partial charge on any atom is -0.467 e. The van der Waals surface area contributed by atoms with Gasteiger partial charge in [-0.1, -0.05) is 0 Å². The van der Waals surface area contributed by atoms with Crippen molar-refractivity contribution in [1.82, 2.24) is 9.80 Å². The van der Waals surface area contributed by atoms with Gasteiger partial charge in [0.05, 0.1) is 7.11 Å². The molecule has 1 aliphatic rings. The number of piperidine rings is 1. The summed E-state index contributed by atoms with van der Waals surface area (Å²) in [5.74, 6) is -1.15. The van der Waals surface area contributed by atoms with Crippen molar-refractivity contribution >= 4 is 18.0 Å². The van der Waals surface area contributed by atoms with Gasteiger partial charge in [-0.25, -0.2) is 14.5 Å². The smallest absolute Gasteiger partial charge is 0.418 e. The SMILES string of the molecule is COC(=O)[C@@H]1CC/C(=C\N(C)C)C(=O)N1C(=O)OC(C)(C)C. The van der Waals surface area contributed by atoms with Crippen LogP contribution in [0.3, 0.4) is 0 Å². The van der Waals surface area contributed by atoms with Crippen molar-refractivity contribution in [2.75, 3.05) is 21.2 Å². The van der Waals surface area contributed by atoms with Gasteiger partial charge in [0, 0.05) is 25.9 Å². The van der Waals surface area contributed by atoms with E-state index < -0.39 is 29.6 Å². The van der Waals surface area contributed by atoms with Crippen LogP contribution < -0.4 is 0 Å². The number of imide groups is 1. The summed E-state index contributed by atoms with van der Waals surface area (Å²) in [6.07, 6.45) is 1.53. The van der Waals surface area contributed by atoms with E-state index in [1.165, 1.54) is 7.11 Å². The number of carbonyl (C=O) groups is 3. The molecule has 2 amide bonds. The lowest BCUT2D eigenvalue weighted by molar-refractivity contribution is -0.152. The number of ether oxygens (including phenoxy) is 2. The molecular weight excluding hydrogens is 288 g/mol. The van der Waals surface area contributed by atoms with Gasteiger partial charge < -0.3 is 14.4 Å². The Morgan fingerprint density at radius 1 is 1.32 bits per heavy atom. The van der Waals surface area contributed by atoms with Crippen LogP contribution in [0.25, 0.3) is 0 Å². The molecule has 1 atom stereocenters. The van der Waals surface area contributed by atoms with Gasteiger partial charge in [0.2, 0.25) is 0 Å². The standard InChI is InChI=1S/C15H24N2O5/c1-15(2,3)22-14(20)17-11(13(19)21-6)8-7-10(12(17)18)9-16(4)5/h9,11H,7-8H2,1-6H3/b10-9+/t11-/m0/s1. The first-order valence-electron chi connectivity index (χ1n) is 7.08. The van der Waals surface area contributed by atoms with Crippen molar-refractivity contribution < 1.29 is 23.9 Å².